The summed E-state index contributed by atoms with van der Waals surface area (Å²) in [5.74, 6) is -1.69. The molecule has 25 heavy (non-hydrogen) atoms. The van der Waals surface area contributed by atoms with E-state index in [0.29, 0.717) is 24.9 Å². The fraction of sp³-hybridized carbons (Fsp3) is 0.263. The van der Waals surface area contributed by atoms with Gasteiger partial charge in [0.2, 0.25) is 5.91 Å². The predicted molar refractivity (Wildman–Crippen MR) is 90.2 cm³/mol. The zero-order chi connectivity index (χ0) is 18.0. The van der Waals surface area contributed by atoms with Crippen LogP contribution in [0.1, 0.15) is 28.8 Å². The second-order valence-electron chi connectivity index (χ2n) is 6.14. The molecule has 130 valence electrons. The molecule has 4 nitrogen and oxygen atoms in total. The van der Waals surface area contributed by atoms with Crippen molar-refractivity contribution in [3.8, 4) is 0 Å². The number of rotatable bonds is 3. The van der Waals surface area contributed by atoms with Gasteiger partial charge in [0.15, 0.2) is 0 Å². The minimum Gasteiger partial charge on any atom is -0.327 e. The third kappa shape index (κ3) is 3.68. The van der Waals surface area contributed by atoms with E-state index in [2.05, 4.69) is 5.32 Å². The molecule has 0 bridgehead atoms. The molecule has 1 saturated heterocycles. The molecule has 0 aliphatic carbocycles. The van der Waals surface area contributed by atoms with E-state index in [-0.39, 0.29) is 11.6 Å². The Bertz CT molecular complexity index is 806. The SMILES string of the molecule is Cc1ccc(NC(=O)[C@H]2CCCN2C(=O)c2ccc(F)cc2)c(F)c1. The summed E-state index contributed by atoms with van der Waals surface area (Å²) in [4.78, 5) is 26.6. The lowest BCUT2D eigenvalue weighted by Crippen LogP contribution is -2.43. The number of halogens is 2. The second kappa shape index (κ2) is 7.01. The zero-order valence-electron chi connectivity index (χ0n) is 13.8. The lowest BCUT2D eigenvalue weighted by molar-refractivity contribution is -0.119. The van der Waals surface area contributed by atoms with Crippen molar-refractivity contribution < 1.29 is 18.4 Å². The lowest BCUT2D eigenvalue weighted by Gasteiger charge is -2.24. The number of benzene rings is 2. The molecular formula is C19H18F2N2O2. The van der Waals surface area contributed by atoms with Gasteiger partial charge in [0.1, 0.15) is 17.7 Å². The van der Waals surface area contributed by atoms with E-state index in [4.69, 9.17) is 0 Å². The smallest absolute Gasteiger partial charge is 0.254 e. The van der Waals surface area contributed by atoms with Crippen LogP contribution in [-0.4, -0.2) is 29.3 Å². The molecule has 0 unspecified atom stereocenters. The summed E-state index contributed by atoms with van der Waals surface area (Å²) in [7, 11) is 0. The molecule has 1 heterocycles. The summed E-state index contributed by atoms with van der Waals surface area (Å²) in [5.41, 5.74) is 1.17. The Morgan fingerprint density at radius 1 is 1.12 bits per heavy atom. The van der Waals surface area contributed by atoms with Crippen LogP contribution in [0.2, 0.25) is 0 Å². The van der Waals surface area contributed by atoms with Gasteiger partial charge < -0.3 is 10.2 Å². The number of amides is 2. The molecule has 0 aromatic heterocycles. The molecule has 0 radical (unpaired) electrons. The fourth-order valence-electron chi connectivity index (χ4n) is 2.98. The number of anilines is 1. The number of nitrogens with one attached hydrogen (secondary N) is 1. The highest BCUT2D eigenvalue weighted by Crippen LogP contribution is 2.23. The molecule has 2 amide bonds. The monoisotopic (exact) mass is 344 g/mol. The lowest BCUT2D eigenvalue weighted by atomic mass is 10.1. The van der Waals surface area contributed by atoms with Gasteiger partial charge in [-0.1, -0.05) is 6.07 Å². The minimum atomic E-state index is -0.668. The molecular weight excluding hydrogens is 326 g/mol. The molecule has 6 heteroatoms. The molecule has 1 aliphatic rings. The Morgan fingerprint density at radius 2 is 1.84 bits per heavy atom. The highest BCUT2D eigenvalue weighted by molar-refractivity contribution is 6.01. The van der Waals surface area contributed by atoms with E-state index >= 15 is 0 Å². The van der Waals surface area contributed by atoms with E-state index in [0.717, 1.165) is 5.56 Å². The molecule has 0 spiro atoms. The van der Waals surface area contributed by atoms with Crippen molar-refractivity contribution in [3.63, 3.8) is 0 Å². The van der Waals surface area contributed by atoms with Gasteiger partial charge in [-0.3, -0.25) is 9.59 Å². The van der Waals surface area contributed by atoms with Crippen molar-refractivity contribution >= 4 is 17.5 Å². The fourth-order valence-corrected chi connectivity index (χ4v) is 2.98. The summed E-state index contributed by atoms with van der Waals surface area (Å²) in [6.07, 6.45) is 1.19. The number of carbonyl (C=O) groups is 2. The first-order valence-corrected chi connectivity index (χ1v) is 8.09. The quantitative estimate of drug-likeness (QED) is 0.926. The van der Waals surface area contributed by atoms with Crippen LogP contribution in [0.4, 0.5) is 14.5 Å². The van der Waals surface area contributed by atoms with Gasteiger partial charge in [-0.15, -0.1) is 0 Å². The number of hydrogen-bond donors (Lipinski definition) is 1. The summed E-state index contributed by atoms with van der Waals surface area (Å²) >= 11 is 0. The molecule has 3 rings (SSSR count). The van der Waals surface area contributed by atoms with Gasteiger partial charge >= 0.3 is 0 Å². The number of hydrogen-bond acceptors (Lipinski definition) is 2. The van der Waals surface area contributed by atoms with Crippen LogP contribution >= 0.6 is 0 Å². The summed E-state index contributed by atoms with van der Waals surface area (Å²) in [5, 5.41) is 2.56. The molecule has 0 saturated carbocycles. The van der Waals surface area contributed by atoms with Crippen LogP contribution in [0.25, 0.3) is 0 Å². The van der Waals surface area contributed by atoms with Crippen molar-refractivity contribution in [1.29, 1.82) is 0 Å². The molecule has 1 aliphatic heterocycles. The van der Waals surface area contributed by atoms with E-state index in [9.17, 15) is 18.4 Å². The normalized spacial score (nSPS) is 16.8. The van der Waals surface area contributed by atoms with E-state index in [1.165, 1.54) is 41.3 Å². The first kappa shape index (κ1) is 17.1. The zero-order valence-corrected chi connectivity index (χ0v) is 13.8. The Morgan fingerprint density at radius 3 is 2.52 bits per heavy atom. The Kier molecular flexibility index (Phi) is 4.79. The van der Waals surface area contributed by atoms with Gasteiger partial charge in [-0.05, 0) is 61.7 Å². The Labute approximate surface area is 144 Å². The van der Waals surface area contributed by atoms with Crippen molar-refractivity contribution in [1.82, 2.24) is 4.90 Å². The number of likely N-dealkylation sites (tertiary alicyclic amines) is 1. The van der Waals surface area contributed by atoms with Crippen LogP contribution in [-0.2, 0) is 4.79 Å². The standard InChI is InChI=1S/C19H18F2N2O2/c1-12-4-9-16(15(21)11-12)22-18(24)17-3-2-10-23(17)19(25)13-5-7-14(20)8-6-13/h4-9,11,17H,2-3,10H2,1H3,(H,22,24)/t17-/m1/s1. The van der Waals surface area contributed by atoms with E-state index in [1.54, 1.807) is 13.0 Å². The average molecular weight is 344 g/mol. The maximum Gasteiger partial charge on any atom is 0.254 e. The number of aryl methyl sites for hydroxylation is 1. The van der Waals surface area contributed by atoms with Crippen LogP contribution in [0.3, 0.4) is 0 Å². The van der Waals surface area contributed by atoms with Crippen molar-refractivity contribution in [2.75, 3.05) is 11.9 Å². The summed E-state index contributed by atoms with van der Waals surface area (Å²) in [6, 6.07) is 9.08. The van der Waals surface area contributed by atoms with Crippen LogP contribution in [0.5, 0.6) is 0 Å². The number of nitrogens with zero attached hydrogens (tertiary/aromatic N) is 1. The second-order valence-corrected chi connectivity index (χ2v) is 6.14. The highest BCUT2D eigenvalue weighted by atomic mass is 19.1. The van der Waals surface area contributed by atoms with Crippen molar-refractivity contribution in [2.24, 2.45) is 0 Å². The van der Waals surface area contributed by atoms with Gasteiger partial charge in [0.05, 0.1) is 5.69 Å². The molecule has 1 atom stereocenters. The molecule has 2 aromatic carbocycles. The Hall–Kier alpha value is -2.76. The molecule has 1 N–H and O–H groups in total. The third-order valence-corrected chi connectivity index (χ3v) is 4.29. The van der Waals surface area contributed by atoms with Crippen LogP contribution in [0.15, 0.2) is 42.5 Å². The maximum absolute atomic E-state index is 13.9. The summed E-state index contributed by atoms with van der Waals surface area (Å²) < 4.78 is 26.9. The topological polar surface area (TPSA) is 49.4 Å². The minimum absolute atomic E-state index is 0.0941. The average Bonchev–Trinajstić information content (AvgIpc) is 3.07. The predicted octanol–water partition coefficient (Wildman–Crippen LogP) is 3.52. The Balaban J connectivity index is 1.75. The largest absolute Gasteiger partial charge is 0.327 e. The number of carbonyl (C=O) groups excluding carboxylic acids is 2. The van der Waals surface area contributed by atoms with Gasteiger partial charge in [-0.2, -0.15) is 0 Å². The van der Waals surface area contributed by atoms with Crippen LogP contribution in [0, 0.1) is 18.6 Å². The highest BCUT2D eigenvalue weighted by Gasteiger charge is 2.34. The van der Waals surface area contributed by atoms with Crippen LogP contribution < -0.4 is 5.32 Å². The van der Waals surface area contributed by atoms with E-state index < -0.39 is 23.6 Å². The third-order valence-electron chi connectivity index (χ3n) is 4.29. The molecule has 2 aromatic rings. The van der Waals surface area contributed by atoms with Gasteiger partial charge in [-0.25, -0.2) is 8.78 Å². The van der Waals surface area contributed by atoms with Crippen molar-refractivity contribution in [2.45, 2.75) is 25.8 Å². The summed E-state index contributed by atoms with van der Waals surface area (Å²) in [6.45, 7) is 2.19. The first-order valence-electron chi connectivity index (χ1n) is 8.09. The van der Waals surface area contributed by atoms with Gasteiger partial charge in [0, 0.05) is 12.1 Å². The van der Waals surface area contributed by atoms with Gasteiger partial charge in [0.25, 0.3) is 5.91 Å². The van der Waals surface area contributed by atoms with E-state index in [1.807, 2.05) is 0 Å². The maximum atomic E-state index is 13.9. The first-order chi connectivity index (χ1) is 12.0. The van der Waals surface area contributed by atoms with Crippen molar-refractivity contribution in [3.05, 3.63) is 65.2 Å². The molecule has 1 fully saturated rings.